The number of hydrogen-bond acceptors (Lipinski definition) is 4. The topological polar surface area (TPSA) is 59.6 Å². The molecule has 2 aromatic rings. The summed E-state index contributed by atoms with van der Waals surface area (Å²) < 4.78 is 10.8. The summed E-state index contributed by atoms with van der Waals surface area (Å²) in [6.45, 7) is 4.98. The fourth-order valence-corrected chi connectivity index (χ4v) is 2.24. The third-order valence-corrected chi connectivity index (χ3v) is 3.26. The van der Waals surface area contributed by atoms with Gasteiger partial charge in [-0.25, -0.2) is 0 Å². The molecule has 0 atom stereocenters. The van der Waals surface area contributed by atoms with Crippen molar-refractivity contribution < 1.29 is 14.3 Å². The number of hydrogen-bond donors (Lipinski definition) is 2. The normalized spacial score (nSPS) is 9.92. The number of rotatable bonds is 6. The molecule has 2 rings (SSSR count). The molecule has 0 heterocycles. The Balaban J connectivity index is 1.93. The van der Waals surface area contributed by atoms with E-state index < -0.39 is 0 Å². The van der Waals surface area contributed by atoms with Crippen LogP contribution in [-0.4, -0.2) is 24.2 Å². The second-order valence-electron chi connectivity index (χ2n) is 4.83. The van der Waals surface area contributed by atoms with Crippen LogP contribution < -0.4 is 20.1 Å². The summed E-state index contributed by atoms with van der Waals surface area (Å²) in [7, 11) is 0. The molecule has 0 saturated heterocycles. The minimum absolute atomic E-state index is 0.228. The molecule has 0 spiro atoms. The minimum atomic E-state index is -0.292. The number of anilines is 1. The first-order chi connectivity index (χ1) is 11.6. The molecule has 0 aliphatic heterocycles. The van der Waals surface area contributed by atoms with Crippen molar-refractivity contribution >= 4 is 28.9 Å². The number of benzene rings is 2. The van der Waals surface area contributed by atoms with Crippen LogP contribution in [0.2, 0.25) is 0 Å². The van der Waals surface area contributed by atoms with Crippen LogP contribution in [-0.2, 0) is 0 Å². The van der Waals surface area contributed by atoms with E-state index in [1.807, 2.05) is 38.1 Å². The van der Waals surface area contributed by atoms with Gasteiger partial charge in [0.1, 0.15) is 11.5 Å². The lowest BCUT2D eigenvalue weighted by molar-refractivity contribution is 0.0977. The van der Waals surface area contributed by atoms with E-state index in [4.69, 9.17) is 21.7 Å². The van der Waals surface area contributed by atoms with Crippen LogP contribution in [0, 0.1) is 0 Å². The molecule has 1 amide bonds. The van der Waals surface area contributed by atoms with Gasteiger partial charge in [-0.05, 0) is 68.5 Å². The number of ether oxygens (including phenoxy) is 2. The Kier molecular flexibility index (Phi) is 6.57. The van der Waals surface area contributed by atoms with Gasteiger partial charge in [-0.3, -0.25) is 10.1 Å². The summed E-state index contributed by atoms with van der Waals surface area (Å²) in [5.74, 6) is 1.14. The number of thiocarbonyl (C=S) groups is 1. The summed E-state index contributed by atoms with van der Waals surface area (Å²) in [4.78, 5) is 12.2. The molecule has 0 radical (unpaired) electrons. The molecule has 0 unspecified atom stereocenters. The molecule has 0 aliphatic rings. The largest absolute Gasteiger partial charge is 0.494 e. The van der Waals surface area contributed by atoms with E-state index in [0.29, 0.717) is 24.5 Å². The van der Waals surface area contributed by atoms with E-state index in [0.717, 1.165) is 11.4 Å². The molecule has 6 heteroatoms. The lowest BCUT2D eigenvalue weighted by Crippen LogP contribution is -2.34. The highest BCUT2D eigenvalue weighted by molar-refractivity contribution is 7.80. The van der Waals surface area contributed by atoms with Crippen molar-refractivity contribution in [1.82, 2.24) is 5.32 Å². The fourth-order valence-electron chi connectivity index (χ4n) is 2.03. The average molecular weight is 344 g/mol. The minimum Gasteiger partial charge on any atom is -0.494 e. The van der Waals surface area contributed by atoms with Crippen LogP contribution in [0.3, 0.4) is 0 Å². The number of nitrogens with one attached hydrogen (secondary N) is 2. The Morgan fingerprint density at radius 3 is 2.33 bits per heavy atom. The van der Waals surface area contributed by atoms with Crippen LogP contribution in [0.5, 0.6) is 11.5 Å². The van der Waals surface area contributed by atoms with Crippen LogP contribution in [0.1, 0.15) is 24.2 Å². The van der Waals surface area contributed by atoms with E-state index in [1.165, 1.54) is 0 Å². The van der Waals surface area contributed by atoms with Crippen LogP contribution in [0.4, 0.5) is 5.69 Å². The molecule has 0 aromatic heterocycles. The van der Waals surface area contributed by atoms with Crippen LogP contribution in [0.15, 0.2) is 48.5 Å². The van der Waals surface area contributed by atoms with E-state index >= 15 is 0 Å². The molecule has 2 N–H and O–H groups in total. The lowest BCUT2D eigenvalue weighted by Gasteiger charge is -2.11. The van der Waals surface area contributed by atoms with Crippen molar-refractivity contribution in [2.24, 2.45) is 0 Å². The van der Waals surface area contributed by atoms with Gasteiger partial charge >= 0.3 is 0 Å². The van der Waals surface area contributed by atoms with Gasteiger partial charge in [-0.15, -0.1) is 0 Å². The third kappa shape index (κ3) is 5.24. The van der Waals surface area contributed by atoms with Crippen LogP contribution >= 0.6 is 12.2 Å². The van der Waals surface area contributed by atoms with E-state index in [9.17, 15) is 4.79 Å². The van der Waals surface area contributed by atoms with E-state index in [2.05, 4.69) is 10.6 Å². The zero-order valence-corrected chi connectivity index (χ0v) is 14.5. The van der Waals surface area contributed by atoms with Gasteiger partial charge in [0.25, 0.3) is 5.91 Å². The maximum Gasteiger partial charge on any atom is 0.257 e. The van der Waals surface area contributed by atoms with E-state index in [1.54, 1.807) is 24.3 Å². The predicted molar refractivity (Wildman–Crippen MR) is 98.9 cm³/mol. The highest BCUT2D eigenvalue weighted by atomic mass is 32.1. The Bertz CT molecular complexity index is 702. The summed E-state index contributed by atoms with van der Waals surface area (Å²) in [5, 5.41) is 5.84. The highest BCUT2D eigenvalue weighted by Crippen LogP contribution is 2.16. The molecule has 2 aromatic carbocycles. The van der Waals surface area contributed by atoms with Gasteiger partial charge in [0.05, 0.1) is 13.2 Å². The van der Waals surface area contributed by atoms with Gasteiger partial charge in [-0.2, -0.15) is 0 Å². The van der Waals surface area contributed by atoms with Gasteiger partial charge < -0.3 is 14.8 Å². The van der Waals surface area contributed by atoms with Crippen molar-refractivity contribution in [2.45, 2.75) is 13.8 Å². The molecule has 0 bridgehead atoms. The Labute approximate surface area is 147 Å². The van der Waals surface area contributed by atoms with Crippen molar-refractivity contribution in [3.8, 4) is 11.5 Å². The molecule has 5 nitrogen and oxygen atoms in total. The lowest BCUT2D eigenvalue weighted by atomic mass is 10.2. The first kappa shape index (κ1) is 17.7. The maximum absolute atomic E-state index is 12.2. The molecule has 24 heavy (non-hydrogen) atoms. The second-order valence-corrected chi connectivity index (χ2v) is 5.23. The quantitative estimate of drug-likeness (QED) is 0.784. The van der Waals surface area contributed by atoms with Crippen molar-refractivity contribution in [1.29, 1.82) is 0 Å². The van der Waals surface area contributed by atoms with Gasteiger partial charge in [0.2, 0.25) is 0 Å². The maximum atomic E-state index is 12.2. The standard InChI is InChI=1S/C18H20N2O3S/c1-3-22-15-10-8-14(9-11-15)19-18(24)20-17(21)13-6-5-7-16(12-13)23-4-2/h5-12H,3-4H2,1-2H3,(H2,19,20,21,24). The first-order valence-corrected chi connectivity index (χ1v) is 8.11. The monoisotopic (exact) mass is 344 g/mol. The third-order valence-electron chi connectivity index (χ3n) is 3.06. The SMILES string of the molecule is CCOc1ccc(NC(=S)NC(=O)c2cccc(OCC)c2)cc1. The zero-order chi connectivity index (χ0) is 17.4. The molecular formula is C18H20N2O3S. The second kappa shape index (κ2) is 8.88. The van der Waals surface area contributed by atoms with Gasteiger partial charge in [0, 0.05) is 11.3 Å². The molecule has 0 aliphatic carbocycles. The number of carbonyl (C=O) groups excluding carboxylic acids is 1. The van der Waals surface area contributed by atoms with E-state index in [-0.39, 0.29) is 11.0 Å². The molecule has 126 valence electrons. The highest BCUT2D eigenvalue weighted by Gasteiger charge is 2.09. The summed E-state index contributed by atoms with van der Waals surface area (Å²) >= 11 is 5.17. The first-order valence-electron chi connectivity index (χ1n) is 7.70. The Hall–Kier alpha value is -2.60. The fraction of sp³-hybridized carbons (Fsp3) is 0.222. The van der Waals surface area contributed by atoms with Crippen molar-refractivity contribution in [2.75, 3.05) is 18.5 Å². The summed E-state index contributed by atoms with van der Waals surface area (Å²) in [6, 6.07) is 14.3. The van der Waals surface area contributed by atoms with Crippen LogP contribution in [0.25, 0.3) is 0 Å². The summed E-state index contributed by atoms with van der Waals surface area (Å²) in [6.07, 6.45) is 0. The Morgan fingerprint density at radius 2 is 1.67 bits per heavy atom. The summed E-state index contributed by atoms with van der Waals surface area (Å²) in [5.41, 5.74) is 1.25. The van der Waals surface area contributed by atoms with Gasteiger partial charge in [0.15, 0.2) is 5.11 Å². The van der Waals surface area contributed by atoms with Crippen molar-refractivity contribution in [3.05, 3.63) is 54.1 Å². The van der Waals surface area contributed by atoms with Crippen molar-refractivity contribution in [3.63, 3.8) is 0 Å². The average Bonchev–Trinajstić information content (AvgIpc) is 2.57. The molecule has 0 fully saturated rings. The predicted octanol–water partition coefficient (Wildman–Crippen LogP) is 3.61. The Morgan fingerprint density at radius 1 is 1.00 bits per heavy atom. The number of amides is 1. The number of carbonyl (C=O) groups is 1. The molecular weight excluding hydrogens is 324 g/mol. The van der Waals surface area contributed by atoms with Gasteiger partial charge in [-0.1, -0.05) is 6.07 Å². The smallest absolute Gasteiger partial charge is 0.257 e. The zero-order valence-electron chi connectivity index (χ0n) is 13.7. The molecule has 0 saturated carbocycles.